The van der Waals surface area contributed by atoms with Crippen LogP contribution in [0.2, 0.25) is 0 Å². The minimum absolute atomic E-state index is 0.0323. The first-order valence-electron chi connectivity index (χ1n) is 7.20. The number of carbonyl (C=O) groups excluding carboxylic acids is 1. The molecule has 1 unspecified atom stereocenters. The summed E-state index contributed by atoms with van der Waals surface area (Å²) in [5.41, 5.74) is 3.46. The fraction of sp³-hybridized carbons (Fsp3) is 0.375. The molecule has 2 heterocycles. The molecule has 2 aromatic rings. The number of ether oxygens (including phenoxy) is 2. The van der Waals surface area contributed by atoms with Gasteiger partial charge in [0.1, 0.15) is 21.8 Å². The molecule has 7 heteroatoms. The Kier molecular flexibility index (Phi) is 4.77. The van der Waals surface area contributed by atoms with Gasteiger partial charge in [0.15, 0.2) is 0 Å². The average molecular weight is 350 g/mol. The number of amides is 1. The maximum absolute atomic E-state index is 12.9. The molecule has 122 valence electrons. The second-order valence-corrected chi connectivity index (χ2v) is 7.14. The van der Waals surface area contributed by atoms with Crippen molar-refractivity contribution < 1.29 is 14.3 Å². The van der Waals surface area contributed by atoms with Gasteiger partial charge in [0.25, 0.3) is 5.91 Å². The molecule has 0 saturated carbocycles. The van der Waals surface area contributed by atoms with Crippen molar-refractivity contribution >= 4 is 29.0 Å². The lowest BCUT2D eigenvalue weighted by Crippen LogP contribution is -2.30. The molecule has 1 saturated heterocycles. The predicted octanol–water partition coefficient (Wildman–Crippen LogP) is 3.36. The van der Waals surface area contributed by atoms with E-state index in [0.717, 1.165) is 28.5 Å². The SMILES string of the molecule is COc1ccc(OC)c(C2SCCN2C(=O)c2scnc2C)c1. The van der Waals surface area contributed by atoms with Crippen molar-refractivity contribution in [2.24, 2.45) is 0 Å². The van der Waals surface area contributed by atoms with Gasteiger partial charge in [-0.25, -0.2) is 4.98 Å². The highest BCUT2D eigenvalue weighted by atomic mass is 32.2. The van der Waals surface area contributed by atoms with Crippen LogP contribution in [-0.2, 0) is 0 Å². The zero-order valence-corrected chi connectivity index (χ0v) is 14.9. The molecule has 1 aliphatic heterocycles. The quantitative estimate of drug-likeness (QED) is 0.846. The van der Waals surface area contributed by atoms with Crippen LogP contribution in [-0.4, -0.2) is 42.3 Å². The van der Waals surface area contributed by atoms with Crippen molar-refractivity contribution in [2.45, 2.75) is 12.3 Å². The van der Waals surface area contributed by atoms with E-state index in [-0.39, 0.29) is 11.3 Å². The minimum Gasteiger partial charge on any atom is -0.497 e. The van der Waals surface area contributed by atoms with E-state index in [4.69, 9.17) is 9.47 Å². The van der Waals surface area contributed by atoms with Crippen molar-refractivity contribution in [3.05, 3.63) is 39.8 Å². The highest BCUT2D eigenvalue weighted by Crippen LogP contribution is 2.44. The molecule has 1 aromatic carbocycles. The van der Waals surface area contributed by atoms with E-state index in [1.54, 1.807) is 31.5 Å². The molecule has 1 amide bonds. The predicted molar refractivity (Wildman–Crippen MR) is 92.6 cm³/mol. The van der Waals surface area contributed by atoms with Crippen molar-refractivity contribution in [3.63, 3.8) is 0 Å². The van der Waals surface area contributed by atoms with E-state index in [1.165, 1.54) is 11.3 Å². The summed E-state index contributed by atoms with van der Waals surface area (Å²) in [5, 5.41) is -0.0750. The van der Waals surface area contributed by atoms with Crippen molar-refractivity contribution in [1.82, 2.24) is 9.88 Å². The number of benzene rings is 1. The van der Waals surface area contributed by atoms with Crippen LogP contribution >= 0.6 is 23.1 Å². The first kappa shape index (κ1) is 16.1. The normalized spacial score (nSPS) is 17.3. The van der Waals surface area contributed by atoms with Crippen LogP contribution in [0.4, 0.5) is 0 Å². The number of aryl methyl sites for hydroxylation is 1. The van der Waals surface area contributed by atoms with Gasteiger partial charge in [-0.3, -0.25) is 4.79 Å². The largest absolute Gasteiger partial charge is 0.497 e. The number of hydrogen-bond acceptors (Lipinski definition) is 6. The van der Waals surface area contributed by atoms with E-state index in [1.807, 2.05) is 30.0 Å². The summed E-state index contributed by atoms with van der Waals surface area (Å²) in [6.45, 7) is 2.58. The van der Waals surface area contributed by atoms with Gasteiger partial charge in [0, 0.05) is 17.9 Å². The van der Waals surface area contributed by atoms with Gasteiger partial charge in [-0.1, -0.05) is 0 Å². The highest BCUT2D eigenvalue weighted by Gasteiger charge is 2.34. The summed E-state index contributed by atoms with van der Waals surface area (Å²) in [5.74, 6) is 2.46. The van der Waals surface area contributed by atoms with E-state index in [0.29, 0.717) is 11.4 Å². The molecule has 0 radical (unpaired) electrons. The Hall–Kier alpha value is -1.73. The molecule has 3 rings (SSSR count). The molecular formula is C16H18N2O3S2. The van der Waals surface area contributed by atoms with Crippen LogP contribution in [0.3, 0.4) is 0 Å². The van der Waals surface area contributed by atoms with Crippen molar-refractivity contribution in [3.8, 4) is 11.5 Å². The fourth-order valence-electron chi connectivity index (χ4n) is 2.61. The number of aromatic nitrogens is 1. The van der Waals surface area contributed by atoms with Gasteiger partial charge >= 0.3 is 0 Å². The van der Waals surface area contributed by atoms with Crippen LogP contribution < -0.4 is 9.47 Å². The zero-order valence-electron chi connectivity index (χ0n) is 13.2. The molecule has 0 bridgehead atoms. The summed E-state index contributed by atoms with van der Waals surface area (Å²) in [7, 11) is 3.28. The summed E-state index contributed by atoms with van der Waals surface area (Å²) in [6, 6.07) is 5.69. The second kappa shape index (κ2) is 6.80. The first-order valence-corrected chi connectivity index (χ1v) is 9.13. The van der Waals surface area contributed by atoms with E-state index in [9.17, 15) is 4.79 Å². The Morgan fingerprint density at radius 2 is 2.17 bits per heavy atom. The first-order chi connectivity index (χ1) is 11.2. The summed E-state index contributed by atoms with van der Waals surface area (Å²) in [6.07, 6.45) is 0. The lowest BCUT2D eigenvalue weighted by atomic mass is 10.1. The summed E-state index contributed by atoms with van der Waals surface area (Å²) in [4.78, 5) is 19.7. The molecule has 1 aliphatic rings. The Bertz CT molecular complexity index is 717. The Labute approximate surface area is 143 Å². The fourth-order valence-corrected chi connectivity index (χ4v) is 4.63. The number of carbonyl (C=O) groups is 1. The standard InChI is InChI=1S/C16H18N2O3S2/c1-10-14(23-9-17-10)15(19)18-6-7-22-16(18)12-8-11(20-2)4-5-13(12)21-3/h4-5,8-9,16H,6-7H2,1-3H3. The molecule has 5 nitrogen and oxygen atoms in total. The number of hydrogen-bond donors (Lipinski definition) is 0. The van der Waals surface area contributed by atoms with Crippen LogP contribution in [0.15, 0.2) is 23.7 Å². The molecule has 1 fully saturated rings. The van der Waals surface area contributed by atoms with Crippen LogP contribution in [0.25, 0.3) is 0 Å². The third-order valence-electron chi connectivity index (χ3n) is 3.79. The lowest BCUT2D eigenvalue weighted by Gasteiger charge is -2.25. The molecule has 0 spiro atoms. The van der Waals surface area contributed by atoms with E-state index in [2.05, 4.69) is 4.98 Å². The van der Waals surface area contributed by atoms with Crippen LogP contribution in [0.5, 0.6) is 11.5 Å². The highest BCUT2D eigenvalue weighted by molar-refractivity contribution is 7.99. The molecule has 0 aliphatic carbocycles. The molecule has 1 aromatic heterocycles. The van der Waals surface area contributed by atoms with Crippen molar-refractivity contribution in [2.75, 3.05) is 26.5 Å². The monoisotopic (exact) mass is 350 g/mol. The second-order valence-electron chi connectivity index (χ2n) is 5.10. The average Bonchev–Trinajstić information content (AvgIpc) is 3.22. The van der Waals surface area contributed by atoms with Gasteiger partial charge in [-0.05, 0) is 25.1 Å². The van der Waals surface area contributed by atoms with Gasteiger partial charge in [-0.2, -0.15) is 0 Å². The Balaban J connectivity index is 1.96. The molecular weight excluding hydrogens is 332 g/mol. The third-order valence-corrected chi connectivity index (χ3v) is 5.95. The zero-order chi connectivity index (χ0) is 16.4. The molecule has 23 heavy (non-hydrogen) atoms. The number of rotatable bonds is 4. The number of thioether (sulfide) groups is 1. The lowest BCUT2D eigenvalue weighted by molar-refractivity contribution is 0.0763. The third kappa shape index (κ3) is 3.03. The van der Waals surface area contributed by atoms with E-state index < -0.39 is 0 Å². The molecule has 0 N–H and O–H groups in total. The van der Waals surface area contributed by atoms with Gasteiger partial charge < -0.3 is 14.4 Å². The van der Waals surface area contributed by atoms with Crippen LogP contribution in [0, 0.1) is 6.92 Å². The smallest absolute Gasteiger partial charge is 0.267 e. The summed E-state index contributed by atoms with van der Waals surface area (Å²) < 4.78 is 10.8. The Morgan fingerprint density at radius 3 is 2.83 bits per heavy atom. The molecule has 1 atom stereocenters. The maximum atomic E-state index is 12.9. The van der Waals surface area contributed by atoms with Crippen LogP contribution in [0.1, 0.15) is 26.3 Å². The van der Waals surface area contributed by atoms with Gasteiger partial charge in [0.2, 0.25) is 0 Å². The van der Waals surface area contributed by atoms with Crippen molar-refractivity contribution in [1.29, 1.82) is 0 Å². The Morgan fingerprint density at radius 1 is 1.35 bits per heavy atom. The topological polar surface area (TPSA) is 51.7 Å². The minimum atomic E-state index is -0.0750. The number of thiazole rings is 1. The van der Waals surface area contributed by atoms with E-state index >= 15 is 0 Å². The summed E-state index contributed by atoms with van der Waals surface area (Å²) >= 11 is 3.13. The number of methoxy groups -OCH3 is 2. The number of nitrogens with zero attached hydrogens (tertiary/aromatic N) is 2. The maximum Gasteiger partial charge on any atom is 0.267 e. The van der Waals surface area contributed by atoms with Gasteiger partial charge in [0.05, 0.1) is 25.4 Å². The van der Waals surface area contributed by atoms with Gasteiger partial charge in [-0.15, -0.1) is 23.1 Å².